The van der Waals surface area contributed by atoms with E-state index in [2.05, 4.69) is 4.52 Å². The van der Waals surface area contributed by atoms with Crippen molar-refractivity contribution in [1.29, 1.82) is 0 Å². The summed E-state index contributed by atoms with van der Waals surface area (Å²) < 4.78 is 14.4. The fourth-order valence-electron chi connectivity index (χ4n) is 0.725. The minimum absolute atomic E-state index is 0.925. The van der Waals surface area contributed by atoms with Crippen molar-refractivity contribution in [2.24, 2.45) is 0 Å². The van der Waals surface area contributed by atoms with E-state index in [1.165, 1.54) is 6.26 Å². The third-order valence-corrected chi connectivity index (χ3v) is 1.51. The van der Waals surface area contributed by atoms with Gasteiger partial charge in [-0.3, -0.25) is 0 Å². The smallest absolute Gasteiger partial charge is 0.237 e. The quantitative estimate of drug-likeness (QED) is 0.577. The van der Waals surface area contributed by atoms with E-state index in [9.17, 15) is 4.57 Å². The minimum atomic E-state index is -2.53. The third kappa shape index (κ3) is 3.28. The lowest BCUT2D eigenvalue weighted by atomic mass is 10.2. The maximum absolute atomic E-state index is 10.1. The molecule has 62 valence electrons. The summed E-state index contributed by atoms with van der Waals surface area (Å²) in [5, 5.41) is 0. The van der Waals surface area contributed by atoms with Crippen molar-refractivity contribution < 1.29 is 14.0 Å². The first-order chi connectivity index (χ1) is 5.79. The first-order valence-corrected chi connectivity index (χ1v) is 4.46. The Morgan fingerprint density at radius 1 is 1.33 bits per heavy atom. The van der Waals surface area contributed by atoms with Crippen LogP contribution in [-0.4, -0.2) is 4.89 Å². The number of rotatable bonds is 3. The molecule has 12 heavy (non-hydrogen) atoms. The molecular weight excluding hydrogens is 175 g/mol. The van der Waals surface area contributed by atoms with Crippen molar-refractivity contribution in [2.75, 3.05) is 0 Å². The van der Waals surface area contributed by atoms with Gasteiger partial charge in [0.05, 0.1) is 0 Å². The summed E-state index contributed by atoms with van der Waals surface area (Å²) >= 11 is 0. The first-order valence-electron chi connectivity index (χ1n) is 3.33. The second-order valence-corrected chi connectivity index (χ2v) is 2.74. The molecule has 0 saturated carbocycles. The standard InChI is InChI=1S/C8H7O3P/c9-12(10)11-7-6-8-4-2-1-3-5-8/h1-7H/p+1/b7-6+. The molecule has 0 aromatic heterocycles. The van der Waals surface area contributed by atoms with Crippen LogP contribution in [0, 0.1) is 0 Å². The molecule has 3 nitrogen and oxygen atoms in total. The van der Waals surface area contributed by atoms with Crippen molar-refractivity contribution in [3.8, 4) is 0 Å². The molecule has 0 aliphatic heterocycles. The van der Waals surface area contributed by atoms with Gasteiger partial charge in [-0.15, -0.1) is 4.89 Å². The lowest BCUT2D eigenvalue weighted by Crippen LogP contribution is -1.69. The van der Waals surface area contributed by atoms with Crippen molar-refractivity contribution in [2.45, 2.75) is 0 Å². The summed E-state index contributed by atoms with van der Waals surface area (Å²) in [7, 11) is -2.53. The average molecular weight is 183 g/mol. The SMILES string of the molecule is O=[P+](O)O/C=C/c1ccccc1. The van der Waals surface area contributed by atoms with E-state index in [1.54, 1.807) is 6.08 Å². The monoisotopic (exact) mass is 183 g/mol. The topological polar surface area (TPSA) is 46.5 Å². The molecule has 0 spiro atoms. The van der Waals surface area contributed by atoms with Gasteiger partial charge in [0.2, 0.25) is 0 Å². The van der Waals surface area contributed by atoms with Crippen LogP contribution in [0.3, 0.4) is 0 Å². The zero-order chi connectivity index (χ0) is 8.81. The largest absolute Gasteiger partial charge is 0.746 e. The van der Waals surface area contributed by atoms with Crippen LogP contribution in [0.25, 0.3) is 6.08 Å². The summed E-state index contributed by atoms with van der Waals surface area (Å²) in [5.74, 6) is 0. The zero-order valence-corrected chi connectivity index (χ0v) is 7.15. The Bertz CT molecular complexity index is 282. The van der Waals surface area contributed by atoms with Crippen LogP contribution >= 0.6 is 8.25 Å². The van der Waals surface area contributed by atoms with Crippen LogP contribution in [-0.2, 0) is 9.09 Å². The van der Waals surface area contributed by atoms with E-state index in [4.69, 9.17) is 4.89 Å². The Morgan fingerprint density at radius 2 is 2.00 bits per heavy atom. The van der Waals surface area contributed by atoms with E-state index >= 15 is 0 Å². The van der Waals surface area contributed by atoms with E-state index in [0.29, 0.717) is 0 Å². The summed E-state index contributed by atoms with van der Waals surface area (Å²) in [6.07, 6.45) is 2.82. The zero-order valence-electron chi connectivity index (χ0n) is 6.25. The van der Waals surface area contributed by atoms with Gasteiger partial charge >= 0.3 is 8.25 Å². The van der Waals surface area contributed by atoms with Crippen molar-refractivity contribution >= 4 is 14.3 Å². The van der Waals surface area contributed by atoms with Crippen molar-refractivity contribution in [3.63, 3.8) is 0 Å². The fraction of sp³-hybridized carbons (Fsp3) is 0. The summed E-state index contributed by atoms with van der Waals surface area (Å²) in [5.41, 5.74) is 0.925. The Hall–Kier alpha value is -1.18. The maximum atomic E-state index is 10.1. The molecule has 1 rings (SSSR count). The molecule has 0 amide bonds. The molecule has 0 fully saturated rings. The van der Waals surface area contributed by atoms with Crippen LogP contribution in [0.2, 0.25) is 0 Å². The third-order valence-electron chi connectivity index (χ3n) is 1.21. The number of benzene rings is 1. The highest BCUT2D eigenvalue weighted by atomic mass is 31.1. The molecule has 1 N–H and O–H groups in total. The average Bonchev–Trinajstić information content (AvgIpc) is 2.05. The molecular formula is C8H8O3P+. The first kappa shape index (κ1) is 8.91. The van der Waals surface area contributed by atoms with Gasteiger partial charge in [-0.25, -0.2) is 4.52 Å². The van der Waals surface area contributed by atoms with E-state index in [0.717, 1.165) is 5.56 Å². The summed E-state index contributed by atoms with van der Waals surface area (Å²) in [6, 6.07) is 9.37. The van der Waals surface area contributed by atoms with Crippen LogP contribution in [0.1, 0.15) is 5.56 Å². The molecule has 1 unspecified atom stereocenters. The van der Waals surface area contributed by atoms with Crippen LogP contribution < -0.4 is 0 Å². The Balaban J connectivity index is 2.52. The van der Waals surface area contributed by atoms with Gasteiger partial charge in [0.25, 0.3) is 0 Å². The highest BCUT2D eigenvalue weighted by Crippen LogP contribution is 2.15. The van der Waals surface area contributed by atoms with Gasteiger partial charge in [0.1, 0.15) is 0 Å². The lowest BCUT2D eigenvalue weighted by molar-refractivity contribution is 0.379. The Labute approximate surface area is 71.3 Å². The van der Waals surface area contributed by atoms with Crippen LogP contribution in [0.4, 0.5) is 0 Å². The predicted molar refractivity (Wildman–Crippen MR) is 46.4 cm³/mol. The molecule has 0 bridgehead atoms. The van der Waals surface area contributed by atoms with E-state index < -0.39 is 8.25 Å². The second-order valence-electron chi connectivity index (χ2n) is 2.06. The van der Waals surface area contributed by atoms with Gasteiger partial charge < -0.3 is 0 Å². The molecule has 0 radical (unpaired) electrons. The Morgan fingerprint density at radius 3 is 2.58 bits per heavy atom. The predicted octanol–water partition coefficient (Wildman–Crippen LogP) is 2.32. The van der Waals surface area contributed by atoms with Crippen molar-refractivity contribution in [1.82, 2.24) is 0 Å². The normalized spacial score (nSPS) is 11.6. The van der Waals surface area contributed by atoms with Crippen molar-refractivity contribution in [3.05, 3.63) is 42.2 Å². The van der Waals surface area contributed by atoms with Gasteiger partial charge in [-0.1, -0.05) is 30.3 Å². The number of hydrogen-bond acceptors (Lipinski definition) is 2. The fourth-order valence-corrected chi connectivity index (χ4v) is 0.890. The molecule has 4 heteroatoms. The Kier molecular flexibility index (Phi) is 3.45. The van der Waals surface area contributed by atoms with Crippen LogP contribution in [0.5, 0.6) is 0 Å². The highest BCUT2D eigenvalue weighted by molar-refractivity contribution is 7.32. The molecule has 1 aromatic rings. The molecule has 0 saturated heterocycles. The molecule has 1 aromatic carbocycles. The van der Waals surface area contributed by atoms with Crippen LogP contribution in [0.15, 0.2) is 36.6 Å². The molecule has 1 atom stereocenters. The second kappa shape index (κ2) is 4.65. The number of hydrogen-bond donors (Lipinski definition) is 1. The summed E-state index contributed by atoms with van der Waals surface area (Å²) in [6.45, 7) is 0. The van der Waals surface area contributed by atoms with Gasteiger partial charge in [0.15, 0.2) is 6.26 Å². The van der Waals surface area contributed by atoms with Gasteiger partial charge in [0, 0.05) is 4.57 Å². The van der Waals surface area contributed by atoms with Gasteiger partial charge in [-0.2, -0.15) is 0 Å². The summed E-state index contributed by atoms with van der Waals surface area (Å²) in [4.78, 5) is 8.27. The molecule has 0 aliphatic carbocycles. The maximum Gasteiger partial charge on any atom is 0.746 e. The molecule has 0 aliphatic rings. The molecule has 0 heterocycles. The van der Waals surface area contributed by atoms with E-state index in [-0.39, 0.29) is 0 Å². The minimum Gasteiger partial charge on any atom is -0.237 e. The lowest BCUT2D eigenvalue weighted by Gasteiger charge is -1.87. The van der Waals surface area contributed by atoms with E-state index in [1.807, 2.05) is 30.3 Å². The highest BCUT2D eigenvalue weighted by Gasteiger charge is 2.06. The van der Waals surface area contributed by atoms with Gasteiger partial charge in [-0.05, 0) is 11.6 Å².